The molecule has 3 heteroatoms. The molecule has 4 aromatic carbocycles. The van der Waals surface area contributed by atoms with Gasteiger partial charge in [0.05, 0.1) is 0 Å². The molecule has 0 saturated carbocycles. The van der Waals surface area contributed by atoms with E-state index in [9.17, 15) is 0 Å². The molecule has 6 rings (SSSR count). The maximum absolute atomic E-state index is 7.24. The first-order valence-corrected chi connectivity index (χ1v) is 23.5. The van der Waals surface area contributed by atoms with Crippen molar-refractivity contribution in [1.82, 2.24) is 0 Å². The topological polar surface area (TPSA) is 0 Å². The Labute approximate surface area is 213 Å². The first-order chi connectivity index (χ1) is 16.5. The Kier molecular flexibility index (Phi) is 5.64. The van der Waals surface area contributed by atoms with Crippen molar-refractivity contribution < 1.29 is 19.4 Å². The van der Waals surface area contributed by atoms with Gasteiger partial charge in [0, 0.05) is 0 Å². The summed E-state index contributed by atoms with van der Waals surface area (Å²) in [6.45, 7) is 9.92. The molecular formula is C31H30ClSiZr. The van der Waals surface area contributed by atoms with E-state index in [-0.39, 0.29) is 0 Å². The molecule has 0 aliphatic heterocycles. The summed E-state index contributed by atoms with van der Waals surface area (Å²) in [5, 5.41) is 5.46. The summed E-state index contributed by atoms with van der Waals surface area (Å²) in [5.41, 5.74) is 9.12. The number of halogens is 1. The maximum atomic E-state index is 7.24. The van der Waals surface area contributed by atoms with Gasteiger partial charge < -0.3 is 0 Å². The van der Waals surface area contributed by atoms with Gasteiger partial charge in [-0.05, 0) is 0 Å². The zero-order valence-corrected chi connectivity index (χ0v) is 24.5. The summed E-state index contributed by atoms with van der Waals surface area (Å²) in [6, 6.07) is 27.3. The summed E-state index contributed by atoms with van der Waals surface area (Å²) in [6.07, 6.45) is 5.00. The van der Waals surface area contributed by atoms with Gasteiger partial charge in [0.25, 0.3) is 0 Å². The SMILES string of the molecule is CC1=Cc2c(ccc3ccccc23)[CH]1[Zr]([CH2]Cl)([CH]1C(C)=Cc2c1ccc1ccccc21)[Si](C)C. The predicted octanol–water partition coefficient (Wildman–Crippen LogP) is 9.21. The molecule has 0 spiro atoms. The molecule has 2 unspecified atom stereocenters. The van der Waals surface area contributed by atoms with Crippen LogP contribution in [0.25, 0.3) is 33.7 Å². The van der Waals surface area contributed by atoms with Gasteiger partial charge in [-0.25, -0.2) is 0 Å². The second-order valence-corrected chi connectivity index (χ2v) is 35.5. The van der Waals surface area contributed by atoms with Gasteiger partial charge in [0.1, 0.15) is 0 Å². The molecule has 4 aromatic rings. The molecular weight excluding hydrogens is 527 g/mol. The summed E-state index contributed by atoms with van der Waals surface area (Å²) in [7, 11) is 0. The zero-order chi connectivity index (χ0) is 23.6. The van der Waals surface area contributed by atoms with Gasteiger partial charge in [-0.1, -0.05) is 0 Å². The fraction of sp³-hybridized carbons (Fsp3) is 0.226. The van der Waals surface area contributed by atoms with Gasteiger partial charge in [0.2, 0.25) is 0 Å². The van der Waals surface area contributed by atoms with E-state index in [1.54, 1.807) is 22.3 Å². The van der Waals surface area contributed by atoms with Crippen LogP contribution in [0.15, 0.2) is 83.9 Å². The monoisotopic (exact) mass is 555 g/mol. The van der Waals surface area contributed by atoms with Gasteiger partial charge in [0.15, 0.2) is 0 Å². The predicted molar refractivity (Wildman–Crippen MR) is 149 cm³/mol. The summed E-state index contributed by atoms with van der Waals surface area (Å²) < 4.78 is 1.96. The van der Waals surface area contributed by atoms with E-state index in [0.717, 1.165) is 3.59 Å². The standard InChI is InChI=1S/2C14H11.C2H6Si.CH2Cl.Zr/c2*1-10-8-12-7-6-11-4-2-3-5-13(11)14(12)9-10;1-3-2;1-2;/h2*2-9H,1H3;1-2H3;1H2;. The minimum absolute atomic E-state index is 0.543. The van der Waals surface area contributed by atoms with Crippen molar-refractivity contribution in [3.8, 4) is 0 Å². The Bertz CT molecular complexity index is 1410. The Morgan fingerprint density at radius 3 is 1.53 bits per heavy atom. The van der Waals surface area contributed by atoms with E-state index < -0.39 is 25.4 Å². The summed E-state index contributed by atoms with van der Waals surface area (Å²) in [5.74, 6) is -0.606. The average Bonchev–Trinajstić information content (AvgIpc) is 3.37. The van der Waals surface area contributed by atoms with Crippen molar-refractivity contribution in [2.75, 3.05) is 3.59 Å². The molecule has 34 heavy (non-hydrogen) atoms. The van der Waals surface area contributed by atoms with E-state index in [4.69, 9.17) is 11.6 Å². The fourth-order valence-corrected chi connectivity index (χ4v) is 39.9. The Morgan fingerprint density at radius 2 is 1.12 bits per heavy atom. The van der Waals surface area contributed by atoms with E-state index in [1.807, 2.05) is 0 Å². The first kappa shape index (κ1) is 22.7. The normalized spacial score (nSPS) is 20.9. The van der Waals surface area contributed by atoms with Crippen LogP contribution < -0.4 is 0 Å². The molecule has 2 atom stereocenters. The number of hydrogen-bond donors (Lipinski definition) is 0. The van der Waals surface area contributed by atoms with Crippen molar-refractivity contribution in [3.05, 3.63) is 106 Å². The molecule has 0 heterocycles. The van der Waals surface area contributed by atoms with Crippen LogP contribution in [0.1, 0.15) is 43.4 Å². The van der Waals surface area contributed by atoms with Crippen LogP contribution in [0.3, 0.4) is 0 Å². The van der Waals surface area contributed by atoms with Crippen molar-refractivity contribution in [2.45, 2.75) is 34.2 Å². The number of rotatable bonds is 4. The molecule has 1 radical (unpaired) electrons. The van der Waals surface area contributed by atoms with Gasteiger partial charge in [-0.2, -0.15) is 0 Å². The van der Waals surface area contributed by atoms with Gasteiger partial charge in [-0.15, -0.1) is 0 Å². The molecule has 0 amide bonds. The molecule has 0 aromatic heterocycles. The first-order valence-electron chi connectivity index (χ1n) is 12.2. The Hall–Kier alpha value is -1.73. The third-order valence-electron chi connectivity index (χ3n) is 8.47. The molecule has 0 saturated heterocycles. The quantitative estimate of drug-likeness (QED) is 0.173. The third-order valence-corrected chi connectivity index (χ3v) is 42.4. The van der Waals surface area contributed by atoms with E-state index in [1.165, 1.54) is 32.7 Å². The van der Waals surface area contributed by atoms with Crippen LogP contribution in [-0.4, -0.2) is 9.51 Å². The number of benzene rings is 4. The van der Waals surface area contributed by atoms with Gasteiger partial charge >= 0.3 is 215 Å². The second-order valence-electron chi connectivity index (χ2n) is 10.4. The third kappa shape index (κ3) is 3.11. The molecule has 0 bridgehead atoms. The van der Waals surface area contributed by atoms with E-state index in [0.29, 0.717) is 7.25 Å². The van der Waals surface area contributed by atoms with E-state index >= 15 is 0 Å². The second kappa shape index (κ2) is 8.44. The van der Waals surface area contributed by atoms with Crippen LogP contribution in [0, 0.1) is 0 Å². The van der Waals surface area contributed by atoms with E-state index in [2.05, 4.69) is 112 Å². The molecule has 2 aliphatic rings. The molecule has 0 N–H and O–H groups in total. The number of allylic oxidation sites excluding steroid dienone is 2. The van der Waals surface area contributed by atoms with Crippen molar-refractivity contribution >= 4 is 51.2 Å². The molecule has 2 aliphatic carbocycles. The molecule has 0 fully saturated rings. The Morgan fingerprint density at radius 1 is 0.676 bits per heavy atom. The van der Waals surface area contributed by atoms with Crippen molar-refractivity contribution in [1.29, 1.82) is 0 Å². The Balaban J connectivity index is 1.60. The summed E-state index contributed by atoms with van der Waals surface area (Å²) in [4.78, 5) is 0. The summed E-state index contributed by atoms with van der Waals surface area (Å²) >= 11 is 4.15. The van der Waals surface area contributed by atoms with Crippen LogP contribution in [0.2, 0.25) is 13.1 Å². The average molecular weight is 557 g/mol. The van der Waals surface area contributed by atoms with Crippen molar-refractivity contribution in [3.63, 3.8) is 0 Å². The van der Waals surface area contributed by atoms with Gasteiger partial charge in [-0.3, -0.25) is 0 Å². The van der Waals surface area contributed by atoms with Crippen LogP contribution >= 0.6 is 11.6 Å². The molecule has 169 valence electrons. The number of fused-ring (bicyclic) bond motifs is 6. The van der Waals surface area contributed by atoms with Crippen LogP contribution in [0.5, 0.6) is 0 Å². The molecule has 0 nitrogen and oxygen atoms in total. The fourth-order valence-electron chi connectivity index (χ4n) is 6.96. The number of hydrogen-bond acceptors (Lipinski definition) is 0. The number of alkyl halides is 1. The minimum atomic E-state index is -3.09. The van der Waals surface area contributed by atoms with Crippen molar-refractivity contribution in [2.24, 2.45) is 0 Å². The zero-order valence-electron chi connectivity index (χ0n) is 20.3. The van der Waals surface area contributed by atoms with Crippen LogP contribution in [-0.2, 0) is 19.4 Å². The van der Waals surface area contributed by atoms with Crippen LogP contribution in [0.4, 0.5) is 0 Å².